The number of rotatable bonds is 4. The molecule has 2 aromatic rings. The van der Waals surface area contributed by atoms with E-state index in [4.69, 9.17) is 8.83 Å². The summed E-state index contributed by atoms with van der Waals surface area (Å²) in [5.74, 6) is 1.35. The van der Waals surface area contributed by atoms with Gasteiger partial charge in [0.15, 0.2) is 15.6 Å². The summed E-state index contributed by atoms with van der Waals surface area (Å²) in [7, 11) is -3.09. The monoisotopic (exact) mass is 323 g/mol. The molecule has 1 saturated heterocycles. The van der Waals surface area contributed by atoms with Crippen molar-refractivity contribution in [2.45, 2.75) is 25.9 Å². The van der Waals surface area contributed by atoms with Crippen LogP contribution in [0.4, 0.5) is 0 Å². The molecule has 0 bridgehead atoms. The van der Waals surface area contributed by atoms with Crippen molar-refractivity contribution < 1.29 is 22.0 Å². The van der Waals surface area contributed by atoms with Crippen LogP contribution in [0.2, 0.25) is 0 Å². The highest BCUT2D eigenvalue weighted by atomic mass is 32.2. The molecule has 1 aliphatic rings. The highest BCUT2D eigenvalue weighted by Crippen LogP contribution is 2.23. The molecule has 1 aliphatic heterocycles. The SMILES string of the molecule is Cc1ccc(CN(C(=O)c2ccco2)[C@@H]2CCS(=O)(=O)C2)o1. The molecule has 6 nitrogen and oxygen atoms in total. The lowest BCUT2D eigenvalue weighted by atomic mass is 10.2. The lowest BCUT2D eigenvalue weighted by molar-refractivity contribution is 0.0632. The van der Waals surface area contributed by atoms with Crippen LogP contribution in [0.15, 0.2) is 39.4 Å². The minimum atomic E-state index is -3.09. The average Bonchev–Trinajstić information content (AvgIpc) is 3.17. The highest BCUT2D eigenvalue weighted by Gasteiger charge is 2.36. The first-order chi connectivity index (χ1) is 10.4. The van der Waals surface area contributed by atoms with Crippen LogP contribution in [-0.2, 0) is 16.4 Å². The Kier molecular flexibility index (Phi) is 3.82. The molecule has 0 unspecified atom stereocenters. The first kappa shape index (κ1) is 14.9. The summed E-state index contributed by atoms with van der Waals surface area (Å²) in [4.78, 5) is 14.1. The lowest BCUT2D eigenvalue weighted by Crippen LogP contribution is -2.40. The zero-order valence-corrected chi connectivity index (χ0v) is 13.0. The maximum Gasteiger partial charge on any atom is 0.290 e. The molecule has 1 amide bonds. The van der Waals surface area contributed by atoms with E-state index in [0.717, 1.165) is 5.76 Å². The van der Waals surface area contributed by atoms with Gasteiger partial charge in [0.05, 0.1) is 24.3 Å². The maximum atomic E-state index is 12.6. The second-order valence-electron chi connectivity index (χ2n) is 5.48. The summed E-state index contributed by atoms with van der Waals surface area (Å²) in [5.41, 5.74) is 0. The van der Waals surface area contributed by atoms with Crippen LogP contribution in [0, 0.1) is 6.92 Å². The standard InChI is InChI=1S/C15H17NO5S/c1-11-4-5-13(21-11)9-16(12-6-8-22(18,19)10-12)15(17)14-3-2-7-20-14/h2-5,7,12H,6,8-10H2,1H3/t12-/m1/s1. The number of carbonyl (C=O) groups excluding carboxylic acids is 1. The molecule has 0 radical (unpaired) electrons. The lowest BCUT2D eigenvalue weighted by Gasteiger charge is -2.26. The van der Waals surface area contributed by atoms with E-state index in [0.29, 0.717) is 12.2 Å². The quantitative estimate of drug-likeness (QED) is 0.860. The fourth-order valence-electron chi connectivity index (χ4n) is 2.67. The van der Waals surface area contributed by atoms with E-state index in [9.17, 15) is 13.2 Å². The third-order valence-corrected chi connectivity index (χ3v) is 5.51. The molecule has 3 heterocycles. The van der Waals surface area contributed by atoms with Crippen molar-refractivity contribution in [3.8, 4) is 0 Å². The van der Waals surface area contributed by atoms with Crippen LogP contribution in [0.5, 0.6) is 0 Å². The van der Waals surface area contributed by atoms with Crippen LogP contribution in [0.1, 0.15) is 28.5 Å². The molecule has 0 aliphatic carbocycles. The van der Waals surface area contributed by atoms with Crippen molar-refractivity contribution in [3.05, 3.63) is 47.8 Å². The average molecular weight is 323 g/mol. The van der Waals surface area contributed by atoms with Crippen LogP contribution in [-0.4, -0.2) is 36.8 Å². The Labute approximate surface area is 128 Å². The molecule has 2 aromatic heterocycles. The van der Waals surface area contributed by atoms with Gasteiger partial charge >= 0.3 is 0 Å². The van der Waals surface area contributed by atoms with E-state index in [1.807, 2.05) is 13.0 Å². The van der Waals surface area contributed by atoms with Gasteiger partial charge in [-0.15, -0.1) is 0 Å². The molecule has 3 rings (SSSR count). The van der Waals surface area contributed by atoms with Crippen molar-refractivity contribution in [2.75, 3.05) is 11.5 Å². The zero-order chi connectivity index (χ0) is 15.7. The Hall–Kier alpha value is -2.02. The van der Waals surface area contributed by atoms with Crippen LogP contribution in [0.3, 0.4) is 0 Å². The number of amides is 1. The van der Waals surface area contributed by atoms with E-state index in [1.54, 1.807) is 18.2 Å². The third kappa shape index (κ3) is 3.09. The van der Waals surface area contributed by atoms with Gasteiger partial charge in [-0.1, -0.05) is 0 Å². The van der Waals surface area contributed by atoms with E-state index in [2.05, 4.69) is 0 Å². The van der Waals surface area contributed by atoms with Gasteiger partial charge in [0.2, 0.25) is 0 Å². The molecule has 1 atom stereocenters. The number of carbonyl (C=O) groups is 1. The Morgan fingerprint density at radius 3 is 2.73 bits per heavy atom. The van der Waals surface area contributed by atoms with Gasteiger partial charge in [-0.3, -0.25) is 4.79 Å². The summed E-state index contributed by atoms with van der Waals surface area (Å²) in [6.45, 7) is 2.05. The Morgan fingerprint density at radius 2 is 2.18 bits per heavy atom. The van der Waals surface area contributed by atoms with Gasteiger partial charge in [-0.2, -0.15) is 0 Å². The number of hydrogen-bond donors (Lipinski definition) is 0. The van der Waals surface area contributed by atoms with Gasteiger partial charge in [0.1, 0.15) is 11.5 Å². The first-order valence-corrected chi connectivity index (χ1v) is 8.87. The van der Waals surface area contributed by atoms with Crippen LogP contribution < -0.4 is 0 Å². The van der Waals surface area contributed by atoms with Gasteiger partial charge in [0.25, 0.3) is 5.91 Å². The Morgan fingerprint density at radius 1 is 1.36 bits per heavy atom. The summed E-state index contributed by atoms with van der Waals surface area (Å²) in [6.07, 6.45) is 1.86. The van der Waals surface area contributed by atoms with Crippen molar-refractivity contribution in [1.82, 2.24) is 4.90 Å². The summed E-state index contributed by atoms with van der Waals surface area (Å²) in [6, 6.07) is 6.46. The highest BCUT2D eigenvalue weighted by molar-refractivity contribution is 7.91. The number of hydrogen-bond acceptors (Lipinski definition) is 5. The minimum absolute atomic E-state index is 0.0147. The molecule has 1 fully saturated rings. The van der Waals surface area contributed by atoms with E-state index in [-0.39, 0.29) is 35.8 Å². The summed E-state index contributed by atoms with van der Waals surface area (Å²) >= 11 is 0. The second kappa shape index (κ2) is 5.64. The van der Waals surface area contributed by atoms with Crippen LogP contribution >= 0.6 is 0 Å². The summed E-state index contributed by atoms with van der Waals surface area (Å²) < 4.78 is 34.1. The Bertz CT molecular complexity index is 760. The number of aryl methyl sites for hydroxylation is 1. The molecule has 22 heavy (non-hydrogen) atoms. The normalized spacial score (nSPS) is 20.1. The van der Waals surface area contributed by atoms with Crippen molar-refractivity contribution in [1.29, 1.82) is 0 Å². The predicted molar refractivity (Wildman–Crippen MR) is 79.1 cm³/mol. The molecule has 0 spiro atoms. The van der Waals surface area contributed by atoms with Gasteiger partial charge in [-0.25, -0.2) is 8.42 Å². The largest absolute Gasteiger partial charge is 0.464 e. The van der Waals surface area contributed by atoms with Gasteiger partial charge < -0.3 is 13.7 Å². The number of sulfone groups is 1. The zero-order valence-electron chi connectivity index (χ0n) is 12.2. The van der Waals surface area contributed by atoms with Crippen LogP contribution in [0.25, 0.3) is 0 Å². The fourth-order valence-corrected chi connectivity index (χ4v) is 4.40. The van der Waals surface area contributed by atoms with Crippen molar-refractivity contribution in [2.24, 2.45) is 0 Å². The second-order valence-corrected chi connectivity index (χ2v) is 7.71. The Balaban J connectivity index is 1.86. The fraction of sp³-hybridized carbons (Fsp3) is 0.400. The van der Waals surface area contributed by atoms with E-state index in [1.165, 1.54) is 11.2 Å². The molecule has 0 aromatic carbocycles. The van der Waals surface area contributed by atoms with E-state index < -0.39 is 9.84 Å². The maximum absolute atomic E-state index is 12.6. The van der Waals surface area contributed by atoms with Crippen molar-refractivity contribution in [3.63, 3.8) is 0 Å². The third-order valence-electron chi connectivity index (χ3n) is 3.76. The molecule has 7 heteroatoms. The molecule has 0 N–H and O–H groups in total. The topological polar surface area (TPSA) is 80.7 Å². The first-order valence-electron chi connectivity index (χ1n) is 7.05. The number of nitrogens with zero attached hydrogens (tertiary/aromatic N) is 1. The summed E-state index contributed by atoms with van der Waals surface area (Å²) in [5, 5.41) is 0. The molecule has 118 valence electrons. The molecular weight excluding hydrogens is 306 g/mol. The van der Waals surface area contributed by atoms with Gasteiger partial charge in [-0.05, 0) is 37.6 Å². The molecular formula is C15H17NO5S. The smallest absolute Gasteiger partial charge is 0.290 e. The predicted octanol–water partition coefficient (Wildman–Crippen LogP) is 2.01. The molecule has 0 saturated carbocycles. The minimum Gasteiger partial charge on any atom is -0.464 e. The van der Waals surface area contributed by atoms with Gasteiger partial charge in [0, 0.05) is 6.04 Å². The van der Waals surface area contributed by atoms with E-state index >= 15 is 0 Å². The number of furan rings is 2. The van der Waals surface area contributed by atoms with Crippen molar-refractivity contribution >= 4 is 15.7 Å².